The summed E-state index contributed by atoms with van der Waals surface area (Å²) in [5, 5.41) is 20.6. The molecule has 7 rings (SSSR count). The molecule has 0 saturated heterocycles. The molecule has 0 fully saturated rings. The van der Waals surface area contributed by atoms with Crippen LogP contribution in [0.1, 0.15) is 38.9 Å². The van der Waals surface area contributed by atoms with Crippen LogP contribution in [0.25, 0.3) is 23.0 Å². The topological polar surface area (TPSA) is 169 Å². The second kappa shape index (κ2) is 13.2. The fourth-order valence-electron chi connectivity index (χ4n) is 4.98. The Kier molecular flexibility index (Phi) is 8.76. The first-order chi connectivity index (χ1) is 22.3. The summed E-state index contributed by atoms with van der Waals surface area (Å²) in [4.78, 5) is 46.1. The molecule has 2 aromatic heterocycles. The summed E-state index contributed by atoms with van der Waals surface area (Å²) in [6, 6.07) is 16.7. The van der Waals surface area contributed by atoms with Crippen LogP contribution < -0.4 is 16.0 Å². The van der Waals surface area contributed by atoms with Gasteiger partial charge in [0.05, 0.1) is 18.8 Å². The fraction of sp³-hybridized carbons (Fsp3) is 0.129. The molecule has 1 unspecified atom stereocenters. The Morgan fingerprint density at radius 1 is 1.09 bits per heavy atom. The smallest absolute Gasteiger partial charge is 0.411 e. The quantitative estimate of drug-likeness (QED) is 0.194. The summed E-state index contributed by atoms with van der Waals surface area (Å²) in [5.74, 6) is -0.267. The van der Waals surface area contributed by atoms with Crippen LogP contribution in [0, 0.1) is 0 Å². The molecule has 232 valence electrons. The van der Waals surface area contributed by atoms with Gasteiger partial charge in [-0.15, -0.1) is 5.10 Å². The number of imidazole rings is 1. The molecule has 3 amide bonds. The van der Waals surface area contributed by atoms with E-state index in [2.05, 4.69) is 36.5 Å². The number of halogens is 2. The summed E-state index contributed by atoms with van der Waals surface area (Å²) >= 11 is 12.9. The number of hydrogen-bond acceptors (Lipinski definition) is 8. The van der Waals surface area contributed by atoms with Crippen LogP contribution in [0.3, 0.4) is 0 Å². The van der Waals surface area contributed by atoms with Crippen molar-refractivity contribution in [1.82, 2.24) is 40.8 Å². The Labute approximate surface area is 272 Å². The lowest BCUT2D eigenvalue weighted by Gasteiger charge is -2.17. The number of benzene rings is 3. The number of nitrogens with zero attached hydrogens (tertiary/aromatic N) is 5. The zero-order valence-electron chi connectivity index (χ0n) is 24.1. The molecule has 1 atom stereocenters. The van der Waals surface area contributed by atoms with Gasteiger partial charge in [-0.1, -0.05) is 41.4 Å². The summed E-state index contributed by atoms with van der Waals surface area (Å²) in [6.07, 6.45) is 4.14. The number of anilines is 1. The van der Waals surface area contributed by atoms with Gasteiger partial charge in [-0.2, -0.15) is 4.68 Å². The number of nitrogens with one attached hydrogen (secondary N) is 4. The van der Waals surface area contributed by atoms with Crippen LogP contribution in [0.4, 0.5) is 10.5 Å². The van der Waals surface area contributed by atoms with E-state index >= 15 is 0 Å². The van der Waals surface area contributed by atoms with Crippen molar-refractivity contribution in [3.63, 3.8) is 0 Å². The van der Waals surface area contributed by atoms with E-state index in [1.54, 1.807) is 54.6 Å². The first kappa shape index (κ1) is 30.5. The third kappa shape index (κ3) is 6.75. The number of aromatic amines is 1. The lowest BCUT2D eigenvalue weighted by molar-refractivity contribution is -0.117. The van der Waals surface area contributed by atoms with E-state index in [0.717, 1.165) is 5.56 Å². The average Bonchev–Trinajstić information content (AvgIpc) is 3.73. The predicted molar refractivity (Wildman–Crippen MR) is 170 cm³/mol. The van der Waals surface area contributed by atoms with Crippen molar-refractivity contribution >= 4 is 52.9 Å². The monoisotopic (exact) mass is 657 g/mol. The molecule has 2 aliphatic rings. The Bertz CT molecular complexity index is 1960. The molecule has 0 aliphatic carbocycles. The van der Waals surface area contributed by atoms with Crippen molar-refractivity contribution in [3.05, 3.63) is 111 Å². The highest BCUT2D eigenvalue weighted by Crippen LogP contribution is 2.33. The first-order valence-corrected chi connectivity index (χ1v) is 14.7. The van der Waals surface area contributed by atoms with Gasteiger partial charge in [0.2, 0.25) is 5.91 Å². The normalized spacial score (nSPS) is 14.3. The minimum Gasteiger partial charge on any atom is -0.453 e. The van der Waals surface area contributed by atoms with Gasteiger partial charge >= 0.3 is 6.09 Å². The second-order valence-electron chi connectivity index (χ2n) is 10.2. The first-order valence-electron chi connectivity index (χ1n) is 13.9. The molecule has 5 aromatic rings. The number of amides is 3. The fourth-order valence-corrected chi connectivity index (χ4v) is 5.40. The number of H-pyrrole nitrogens is 1. The van der Waals surface area contributed by atoms with Crippen molar-refractivity contribution < 1.29 is 19.1 Å². The number of methoxy groups -OCH3 is 1. The van der Waals surface area contributed by atoms with Crippen LogP contribution >= 0.6 is 23.2 Å². The minimum atomic E-state index is -0.639. The van der Waals surface area contributed by atoms with Crippen molar-refractivity contribution in [2.75, 3.05) is 12.4 Å². The highest BCUT2D eigenvalue weighted by molar-refractivity contribution is 6.32. The molecule has 2 aliphatic heterocycles. The van der Waals surface area contributed by atoms with Crippen molar-refractivity contribution in [2.24, 2.45) is 0 Å². The highest BCUT2D eigenvalue weighted by atomic mass is 35.5. The maximum absolute atomic E-state index is 13.3. The molecule has 4 N–H and O–H groups in total. The number of aromatic nitrogens is 6. The Balaban J connectivity index is 1.35. The molecule has 4 heterocycles. The highest BCUT2D eigenvalue weighted by Gasteiger charge is 2.23. The molecule has 0 spiro atoms. The number of tetrazole rings is 1. The third-order valence-electron chi connectivity index (χ3n) is 7.21. The number of ether oxygens (including phenoxy) is 1. The van der Waals surface area contributed by atoms with Gasteiger partial charge in [0.1, 0.15) is 23.0 Å². The van der Waals surface area contributed by atoms with Gasteiger partial charge in [0.25, 0.3) is 5.91 Å². The summed E-state index contributed by atoms with van der Waals surface area (Å²) < 4.78 is 6.18. The van der Waals surface area contributed by atoms with Gasteiger partial charge in [-0.3, -0.25) is 14.9 Å². The van der Waals surface area contributed by atoms with Crippen LogP contribution in [-0.2, 0) is 22.5 Å². The van der Waals surface area contributed by atoms with Crippen LogP contribution in [-0.4, -0.2) is 55.2 Å². The standard InChI is InChI=1S/C31H25Cl2N9O4/c1-46-31(45)36-22-8-9-23-20(14-22)15-34-30(44)18-4-2-17(3-5-18)12-24(29-38-27(23)28(33)39-29)37-26(43)11-6-19-13-21(32)7-10-25(19)42-16-35-40-41-42/h2-11,13-14,16,24H,12,15H2,1H3,(H,34,44)(H,36,45)(H,37,43)(H,38,39). The largest absolute Gasteiger partial charge is 0.453 e. The van der Waals surface area contributed by atoms with E-state index in [1.165, 1.54) is 24.2 Å². The van der Waals surface area contributed by atoms with Gasteiger partial charge in [0, 0.05) is 40.0 Å². The number of carbonyl (C=O) groups excluding carboxylic acids is 3. The lowest BCUT2D eigenvalue weighted by atomic mass is 10.0. The second-order valence-corrected chi connectivity index (χ2v) is 11.0. The molecular weight excluding hydrogens is 633 g/mol. The average molecular weight is 659 g/mol. The summed E-state index contributed by atoms with van der Waals surface area (Å²) in [5.41, 5.74) is 4.70. The SMILES string of the molecule is COC(=O)Nc1ccc2c(c1)CNC(=O)c1ccc(cc1)CC(NC(=O)C=Cc1cc(Cl)ccc1-n1cnnn1)c1nc-2c(Cl)[nH]1. The van der Waals surface area contributed by atoms with E-state index in [4.69, 9.17) is 32.9 Å². The molecule has 3 aromatic carbocycles. The molecule has 15 heteroatoms. The van der Waals surface area contributed by atoms with E-state index in [9.17, 15) is 14.4 Å². The molecule has 0 radical (unpaired) electrons. The Morgan fingerprint density at radius 2 is 1.91 bits per heavy atom. The van der Waals surface area contributed by atoms with E-state index in [1.807, 2.05) is 12.1 Å². The number of hydrogen-bond donors (Lipinski definition) is 4. The third-order valence-corrected chi connectivity index (χ3v) is 7.72. The van der Waals surface area contributed by atoms with Crippen molar-refractivity contribution in [3.8, 4) is 16.9 Å². The minimum absolute atomic E-state index is 0.117. The molecule has 13 nitrogen and oxygen atoms in total. The van der Waals surface area contributed by atoms with Crippen LogP contribution in [0.15, 0.2) is 73.1 Å². The summed E-state index contributed by atoms with van der Waals surface area (Å²) in [7, 11) is 1.27. The van der Waals surface area contributed by atoms with Crippen LogP contribution in [0.5, 0.6) is 0 Å². The molecular formula is C31H25Cl2N9O4. The maximum Gasteiger partial charge on any atom is 0.411 e. The van der Waals surface area contributed by atoms with Gasteiger partial charge in [-0.25, -0.2) is 9.78 Å². The van der Waals surface area contributed by atoms with Crippen LogP contribution in [0.2, 0.25) is 10.2 Å². The number of fused-ring (bicyclic) bond motifs is 5. The molecule has 0 saturated carbocycles. The Morgan fingerprint density at radius 3 is 2.67 bits per heavy atom. The summed E-state index contributed by atoms with van der Waals surface area (Å²) in [6.45, 7) is 0.117. The molecule has 46 heavy (non-hydrogen) atoms. The van der Waals surface area contributed by atoms with Crippen molar-refractivity contribution in [1.29, 1.82) is 0 Å². The zero-order chi connectivity index (χ0) is 32.2. The molecule has 4 bridgehead atoms. The van der Waals surface area contributed by atoms with Gasteiger partial charge in [0.15, 0.2) is 0 Å². The van der Waals surface area contributed by atoms with Gasteiger partial charge < -0.3 is 20.4 Å². The number of rotatable bonds is 5. The Hall–Kier alpha value is -5.53. The zero-order valence-corrected chi connectivity index (χ0v) is 25.6. The maximum atomic E-state index is 13.3. The van der Waals surface area contributed by atoms with E-state index in [0.29, 0.717) is 56.6 Å². The predicted octanol–water partition coefficient (Wildman–Crippen LogP) is 4.89. The lowest BCUT2D eigenvalue weighted by Crippen LogP contribution is -2.29. The van der Waals surface area contributed by atoms with E-state index < -0.39 is 18.0 Å². The number of carbonyl (C=O) groups is 3. The van der Waals surface area contributed by atoms with E-state index in [-0.39, 0.29) is 17.6 Å². The van der Waals surface area contributed by atoms with Gasteiger partial charge in [-0.05, 0) is 76.5 Å². The van der Waals surface area contributed by atoms with Crippen molar-refractivity contribution in [2.45, 2.75) is 19.0 Å².